The number of hydrogen-bond donors (Lipinski definition) is 1. The number of esters is 1. The highest BCUT2D eigenvalue weighted by atomic mass is 35.5. The summed E-state index contributed by atoms with van der Waals surface area (Å²) in [5, 5.41) is 2.85. The van der Waals surface area contributed by atoms with Crippen molar-refractivity contribution in [2.24, 2.45) is 5.92 Å². The first-order chi connectivity index (χ1) is 13.4. The van der Waals surface area contributed by atoms with Crippen LogP contribution in [0.1, 0.15) is 6.42 Å². The third-order valence-corrected chi connectivity index (χ3v) is 4.47. The van der Waals surface area contributed by atoms with Gasteiger partial charge in [0.25, 0.3) is 5.91 Å². The average Bonchev–Trinajstić information content (AvgIpc) is 3.07. The van der Waals surface area contributed by atoms with Gasteiger partial charge in [-0.3, -0.25) is 14.4 Å². The number of rotatable bonds is 9. The van der Waals surface area contributed by atoms with E-state index < -0.39 is 24.4 Å². The number of nitrogens with one attached hydrogen (secondary N) is 1. The molecule has 0 aliphatic carbocycles. The van der Waals surface area contributed by atoms with E-state index >= 15 is 0 Å². The minimum atomic E-state index is -0.690. The molecule has 0 unspecified atom stereocenters. The fraction of sp³-hybridized carbons (Fsp3) is 0.500. The Hall–Kier alpha value is -2.52. The van der Waals surface area contributed by atoms with Crippen molar-refractivity contribution < 1.29 is 33.3 Å². The number of carbonyl (C=O) groups is 3. The van der Waals surface area contributed by atoms with Gasteiger partial charge in [0.05, 0.1) is 37.5 Å². The lowest BCUT2D eigenvalue weighted by molar-refractivity contribution is -0.152. The molecule has 1 heterocycles. The molecule has 1 aromatic rings. The summed E-state index contributed by atoms with van der Waals surface area (Å²) in [6.07, 6.45) is -0.0308. The molecule has 0 spiro atoms. The first-order valence-electron chi connectivity index (χ1n) is 8.55. The number of benzene rings is 1. The Labute approximate surface area is 167 Å². The third-order valence-electron chi connectivity index (χ3n) is 4.18. The molecule has 1 saturated heterocycles. The lowest BCUT2D eigenvalue weighted by Crippen LogP contribution is -2.33. The van der Waals surface area contributed by atoms with Gasteiger partial charge >= 0.3 is 5.97 Å². The Morgan fingerprint density at radius 1 is 1.21 bits per heavy atom. The third kappa shape index (κ3) is 5.26. The number of nitrogens with zero attached hydrogens (tertiary/aromatic N) is 1. The lowest BCUT2D eigenvalue weighted by Gasteiger charge is -2.20. The predicted octanol–water partition coefficient (Wildman–Crippen LogP) is 1.02. The smallest absolute Gasteiger partial charge is 0.311 e. The maximum absolute atomic E-state index is 12.4. The van der Waals surface area contributed by atoms with Crippen molar-refractivity contribution in [1.29, 1.82) is 0 Å². The topological polar surface area (TPSA) is 103 Å². The molecule has 1 aromatic carbocycles. The van der Waals surface area contributed by atoms with E-state index in [-0.39, 0.29) is 18.9 Å². The molecule has 154 valence electrons. The number of halogens is 1. The number of ether oxygens (including phenoxy) is 4. The van der Waals surface area contributed by atoms with Crippen molar-refractivity contribution in [3.8, 4) is 11.5 Å². The number of amides is 2. The molecule has 9 nitrogen and oxygen atoms in total. The van der Waals surface area contributed by atoms with E-state index in [4.69, 9.17) is 30.5 Å². The Bertz CT molecular complexity index is 741. The van der Waals surface area contributed by atoms with Gasteiger partial charge in [-0.2, -0.15) is 0 Å². The van der Waals surface area contributed by atoms with Gasteiger partial charge in [-0.05, 0) is 6.07 Å². The van der Waals surface area contributed by atoms with E-state index in [0.29, 0.717) is 35.4 Å². The molecule has 10 heteroatoms. The van der Waals surface area contributed by atoms with E-state index in [0.717, 1.165) is 0 Å². The summed E-state index contributed by atoms with van der Waals surface area (Å²) < 4.78 is 20.3. The summed E-state index contributed by atoms with van der Waals surface area (Å²) in [5.74, 6) is -1.21. The zero-order chi connectivity index (χ0) is 20.7. The van der Waals surface area contributed by atoms with Crippen molar-refractivity contribution >= 4 is 35.1 Å². The Balaban J connectivity index is 2.00. The average molecular weight is 415 g/mol. The first kappa shape index (κ1) is 21.8. The van der Waals surface area contributed by atoms with Gasteiger partial charge in [-0.15, -0.1) is 0 Å². The van der Waals surface area contributed by atoms with Crippen molar-refractivity contribution in [3.63, 3.8) is 0 Å². The van der Waals surface area contributed by atoms with Crippen LogP contribution < -0.4 is 19.7 Å². The maximum Gasteiger partial charge on any atom is 0.311 e. The van der Waals surface area contributed by atoms with Crippen molar-refractivity contribution in [2.45, 2.75) is 6.42 Å². The zero-order valence-corrected chi connectivity index (χ0v) is 16.7. The van der Waals surface area contributed by atoms with Crippen molar-refractivity contribution in [3.05, 3.63) is 17.2 Å². The van der Waals surface area contributed by atoms with Gasteiger partial charge in [0.1, 0.15) is 11.5 Å². The zero-order valence-electron chi connectivity index (χ0n) is 16.0. The van der Waals surface area contributed by atoms with Crippen LogP contribution in [-0.4, -0.2) is 65.4 Å². The fourth-order valence-corrected chi connectivity index (χ4v) is 2.99. The number of methoxy groups -OCH3 is 3. The Kier molecular flexibility index (Phi) is 7.89. The molecule has 0 bridgehead atoms. The second-order valence-electron chi connectivity index (χ2n) is 6.01. The van der Waals surface area contributed by atoms with E-state index in [2.05, 4.69) is 5.32 Å². The molecule has 0 aromatic heterocycles. The van der Waals surface area contributed by atoms with Gasteiger partial charge in [0, 0.05) is 32.7 Å². The molecule has 0 saturated carbocycles. The molecular weight excluding hydrogens is 392 g/mol. The maximum atomic E-state index is 12.4. The van der Waals surface area contributed by atoms with Crippen LogP contribution >= 0.6 is 11.6 Å². The number of carbonyl (C=O) groups excluding carboxylic acids is 3. The highest BCUT2D eigenvalue weighted by Crippen LogP contribution is 2.40. The molecule has 0 radical (unpaired) electrons. The van der Waals surface area contributed by atoms with Crippen LogP contribution in [0.3, 0.4) is 0 Å². The standard InChI is InChI=1S/C18H23ClN2O7/c1-25-5-4-20-16(22)10-28-18(24)11-6-17(23)21(9-11)13-7-12(19)14(26-2)8-15(13)27-3/h7-8,11H,4-6,9-10H2,1-3H3,(H,20,22)/t11-/m1/s1. The van der Waals surface area contributed by atoms with E-state index in [1.807, 2.05) is 0 Å². The summed E-state index contributed by atoms with van der Waals surface area (Å²) in [4.78, 5) is 37.7. The molecule has 2 rings (SSSR count). The van der Waals surface area contributed by atoms with Crippen LogP contribution in [0.2, 0.25) is 5.02 Å². The van der Waals surface area contributed by atoms with Crippen LogP contribution in [0.15, 0.2) is 12.1 Å². The molecule has 1 atom stereocenters. The quantitative estimate of drug-likeness (QED) is 0.475. The Morgan fingerprint density at radius 3 is 2.57 bits per heavy atom. The van der Waals surface area contributed by atoms with Gasteiger partial charge in [0.2, 0.25) is 5.91 Å². The SMILES string of the molecule is COCCNC(=O)COC(=O)[C@@H]1CC(=O)N(c2cc(Cl)c(OC)cc2OC)C1. The second-order valence-corrected chi connectivity index (χ2v) is 6.42. The van der Waals surface area contributed by atoms with Crippen molar-refractivity contribution in [2.75, 3.05) is 52.5 Å². The van der Waals surface area contributed by atoms with E-state index in [1.54, 1.807) is 12.1 Å². The molecule has 1 aliphatic rings. The summed E-state index contributed by atoms with van der Waals surface area (Å²) in [6, 6.07) is 3.12. The van der Waals surface area contributed by atoms with Crippen LogP contribution in [-0.2, 0) is 23.9 Å². The minimum Gasteiger partial charge on any atom is -0.495 e. The van der Waals surface area contributed by atoms with Crippen LogP contribution in [0, 0.1) is 5.92 Å². The molecular formula is C18H23ClN2O7. The molecule has 28 heavy (non-hydrogen) atoms. The van der Waals surface area contributed by atoms with E-state index in [1.165, 1.54) is 26.2 Å². The number of hydrogen-bond acceptors (Lipinski definition) is 7. The second kappa shape index (κ2) is 10.1. The van der Waals surface area contributed by atoms with Gasteiger partial charge in [-0.25, -0.2) is 0 Å². The molecule has 2 amide bonds. The first-order valence-corrected chi connectivity index (χ1v) is 8.93. The monoisotopic (exact) mass is 414 g/mol. The molecule has 1 N–H and O–H groups in total. The molecule has 1 fully saturated rings. The summed E-state index contributed by atoms with van der Waals surface area (Å²) in [5.41, 5.74) is 0.436. The minimum absolute atomic E-state index is 0.0308. The lowest BCUT2D eigenvalue weighted by atomic mass is 10.1. The summed E-state index contributed by atoms with van der Waals surface area (Å²) in [6.45, 7) is 0.367. The van der Waals surface area contributed by atoms with Crippen molar-refractivity contribution in [1.82, 2.24) is 5.32 Å². The summed E-state index contributed by atoms with van der Waals surface area (Å²) in [7, 11) is 4.44. The summed E-state index contributed by atoms with van der Waals surface area (Å²) >= 11 is 6.16. The van der Waals surface area contributed by atoms with Gasteiger partial charge in [0.15, 0.2) is 6.61 Å². The van der Waals surface area contributed by atoms with Crippen LogP contribution in [0.4, 0.5) is 5.69 Å². The van der Waals surface area contributed by atoms with E-state index in [9.17, 15) is 14.4 Å². The van der Waals surface area contributed by atoms with Crippen LogP contribution in [0.25, 0.3) is 0 Å². The Morgan fingerprint density at radius 2 is 1.93 bits per heavy atom. The van der Waals surface area contributed by atoms with Gasteiger partial charge in [-0.1, -0.05) is 11.6 Å². The normalized spacial score (nSPS) is 16.1. The highest BCUT2D eigenvalue weighted by Gasteiger charge is 2.37. The predicted molar refractivity (Wildman–Crippen MR) is 101 cm³/mol. The fourth-order valence-electron chi connectivity index (χ4n) is 2.75. The largest absolute Gasteiger partial charge is 0.495 e. The van der Waals surface area contributed by atoms with Gasteiger partial charge < -0.3 is 29.2 Å². The molecule has 1 aliphatic heterocycles. The highest BCUT2D eigenvalue weighted by molar-refractivity contribution is 6.32. The number of anilines is 1. The van der Waals surface area contributed by atoms with Crippen LogP contribution in [0.5, 0.6) is 11.5 Å².